The Morgan fingerprint density at radius 1 is 1.37 bits per heavy atom. The van der Waals surface area contributed by atoms with Crippen molar-refractivity contribution in [3.63, 3.8) is 0 Å². The lowest BCUT2D eigenvalue weighted by Gasteiger charge is -2.30. The van der Waals surface area contributed by atoms with Crippen molar-refractivity contribution in [2.45, 2.75) is 52.1 Å². The molecule has 1 saturated carbocycles. The summed E-state index contributed by atoms with van der Waals surface area (Å²) < 4.78 is 0. The van der Waals surface area contributed by atoms with Crippen molar-refractivity contribution >= 4 is 11.3 Å². The van der Waals surface area contributed by atoms with E-state index in [1.54, 1.807) is 0 Å². The predicted molar refractivity (Wildman–Crippen MR) is 84.7 cm³/mol. The van der Waals surface area contributed by atoms with Crippen LogP contribution in [0.1, 0.15) is 44.4 Å². The van der Waals surface area contributed by atoms with Gasteiger partial charge in [-0.1, -0.05) is 32.8 Å². The molecular formula is C16H28N2S. The molecule has 1 fully saturated rings. The second-order valence-electron chi connectivity index (χ2n) is 5.77. The molecule has 1 aromatic rings. The summed E-state index contributed by atoms with van der Waals surface area (Å²) in [7, 11) is 0. The van der Waals surface area contributed by atoms with Gasteiger partial charge in [0.15, 0.2) is 0 Å². The lowest BCUT2D eigenvalue weighted by Crippen LogP contribution is -2.41. The molecular weight excluding hydrogens is 252 g/mol. The van der Waals surface area contributed by atoms with Crippen LogP contribution in [0.2, 0.25) is 0 Å². The molecule has 3 heteroatoms. The normalized spacial score (nSPS) is 23.9. The molecule has 2 atom stereocenters. The minimum absolute atomic E-state index is 0.759. The fraction of sp³-hybridized carbons (Fsp3) is 0.750. The van der Waals surface area contributed by atoms with E-state index in [1.807, 2.05) is 11.3 Å². The molecule has 19 heavy (non-hydrogen) atoms. The van der Waals surface area contributed by atoms with E-state index in [0.717, 1.165) is 38.1 Å². The number of nitrogens with zero attached hydrogens (tertiary/aromatic N) is 1. The van der Waals surface area contributed by atoms with Crippen molar-refractivity contribution in [1.29, 1.82) is 0 Å². The molecule has 0 spiro atoms. The summed E-state index contributed by atoms with van der Waals surface area (Å²) in [5.41, 5.74) is 0. The molecule has 1 N–H and O–H groups in total. The van der Waals surface area contributed by atoms with Crippen LogP contribution in [0.5, 0.6) is 0 Å². The zero-order chi connectivity index (χ0) is 13.5. The van der Waals surface area contributed by atoms with Crippen LogP contribution >= 0.6 is 11.3 Å². The molecule has 0 saturated heterocycles. The van der Waals surface area contributed by atoms with Gasteiger partial charge in [0.1, 0.15) is 0 Å². The number of hydrogen-bond acceptors (Lipinski definition) is 3. The van der Waals surface area contributed by atoms with E-state index in [0.29, 0.717) is 0 Å². The molecule has 1 aliphatic carbocycles. The second-order valence-corrected chi connectivity index (χ2v) is 6.80. The topological polar surface area (TPSA) is 15.3 Å². The number of rotatable bonds is 7. The van der Waals surface area contributed by atoms with Crippen LogP contribution in [0.3, 0.4) is 0 Å². The summed E-state index contributed by atoms with van der Waals surface area (Å²) in [5, 5.41) is 5.95. The molecule has 108 valence electrons. The Morgan fingerprint density at radius 2 is 2.21 bits per heavy atom. The average Bonchev–Trinajstić information content (AvgIpc) is 2.92. The van der Waals surface area contributed by atoms with E-state index in [2.05, 4.69) is 41.6 Å². The number of thiophene rings is 1. The van der Waals surface area contributed by atoms with Crippen molar-refractivity contribution in [3.05, 3.63) is 22.4 Å². The Bertz CT molecular complexity index is 337. The van der Waals surface area contributed by atoms with Crippen LogP contribution in [-0.2, 0) is 6.54 Å². The second kappa shape index (κ2) is 8.03. The monoisotopic (exact) mass is 280 g/mol. The van der Waals surface area contributed by atoms with E-state index < -0.39 is 0 Å². The van der Waals surface area contributed by atoms with Gasteiger partial charge in [0.05, 0.1) is 0 Å². The summed E-state index contributed by atoms with van der Waals surface area (Å²) in [6.45, 7) is 9.21. The van der Waals surface area contributed by atoms with Gasteiger partial charge in [0.25, 0.3) is 0 Å². The van der Waals surface area contributed by atoms with Crippen LogP contribution in [0.25, 0.3) is 0 Å². The van der Waals surface area contributed by atoms with Crippen molar-refractivity contribution in [2.75, 3.05) is 19.6 Å². The highest BCUT2D eigenvalue weighted by Crippen LogP contribution is 2.23. The lowest BCUT2D eigenvalue weighted by atomic mass is 9.86. The Morgan fingerprint density at radius 3 is 2.89 bits per heavy atom. The Kier molecular flexibility index (Phi) is 6.35. The first-order valence-corrected chi connectivity index (χ1v) is 8.65. The Hall–Kier alpha value is -0.380. The summed E-state index contributed by atoms with van der Waals surface area (Å²) in [6, 6.07) is 5.15. The van der Waals surface area contributed by atoms with Gasteiger partial charge in [-0.05, 0) is 36.8 Å². The van der Waals surface area contributed by atoms with E-state index in [4.69, 9.17) is 0 Å². The third-order valence-electron chi connectivity index (χ3n) is 4.35. The summed E-state index contributed by atoms with van der Waals surface area (Å²) in [5.74, 6) is 0.862. The molecule has 2 nitrogen and oxygen atoms in total. The minimum atomic E-state index is 0.759. The molecule has 0 amide bonds. The van der Waals surface area contributed by atoms with Crippen molar-refractivity contribution < 1.29 is 0 Å². The molecule has 0 bridgehead atoms. The summed E-state index contributed by atoms with van der Waals surface area (Å²) in [6.07, 6.45) is 5.62. The summed E-state index contributed by atoms with van der Waals surface area (Å²) in [4.78, 5) is 4.01. The van der Waals surface area contributed by atoms with Crippen LogP contribution in [0.15, 0.2) is 17.5 Å². The van der Waals surface area contributed by atoms with Crippen LogP contribution in [0.4, 0.5) is 0 Å². The quantitative estimate of drug-likeness (QED) is 0.818. The molecule has 1 heterocycles. The SMILES string of the molecule is CCN(CCNC1CCCCC1C)Cc1cccs1. The fourth-order valence-corrected chi connectivity index (χ4v) is 3.75. The molecule has 0 radical (unpaired) electrons. The van der Waals surface area contributed by atoms with Gasteiger partial charge in [-0.25, -0.2) is 0 Å². The maximum absolute atomic E-state index is 3.78. The van der Waals surface area contributed by atoms with Gasteiger partial charge in [-0.3, -0.25) is 4.90 Å². The van der Waals surface area contributed by atoms with Gasteiger partial charge >= 0.3 is 0 Å². The molecule has 2 rings (SSSR count). The first kappa shape index (κ1) is 15.0. The van der Waals surface area contributed by atoms with Crippen molar-refractivity contribution in [2.24, 2.45) is 5.92 Å². The molecule has 1 aromatic heterocycles. The van der Waals surface area contributed by atoms with E-state index in [-0.39, 0.29) is 0 Å². The maximum Gasteiger partial charge on any atom is 0.0328 e. The number of nitrogens with one attached hydrogen (secondary N) is 1. The van der Waals surface area contributed by atoms with Crippen LogP contribution in [0, 0.1) is 5.92 Å². The average molecular weight is 280 g/mol. The van der Waals surface area contributed by atoms with Crippen molar-refractivity contribution in [3.8, 4) is 0 Å². The highest BCUT2D eigenvalue weighted by Gasteiger charge is 2.20. The van der Waals surface area contributed by atoms with E-state index in [9.17, 15) is 0 Å². The van der Waals surface area contributed by atoms with E-state index in [1.165, 1.54) is 30.6 Å². The largest absolute Gasteiger partial charge is 0.312 e. The molecule has 0 aromatic carbocycles. The predicted octanol–water partition coefficient (Wildman–Crippen LogP) is 3.74. The molecule has 0 aliphatic heterocycles. The van der Waals surface area contributed by atoms with Crippen molar-refractivity contribution in [1.82, 2.24) is 10.2 Å². The molecule has 1 aliphatic rings. The fourth-order valence-electron chi connectivity index (χ4n) is 3.00. The number of likely N-dealkylation sites (N-methyl/N-ethyl adjacent to an activating group) is 1. The highest BCUT2D eigenvalue weighted by atomic mass is 32.1. The van der Waals surface area contributed by atoms with Gasteiger partial charge < -0.3 is 5.32 Å². The lowest BCUT2D eigenvalue weighted by molar-refractivity contribution is 0.243. The van der Waals surface area contributed by atoms with E-state index >= 15 is 0 Å². The Balaban J connectivity index is 1.68. The maximum atomic E-state index is 3.78. The first-order chi connectivity index (χ1) is 9.29. The van der Waals surface area contributed by atoms with Gasteiger partial charge in [-0.15, -0.1) is 11.3 Å². The van der Waals surface area contributed by atoms with Crippen LogP contribution in [-0.4, -0.2) is 30.6 Å². The van der Waals surface area contributed by atoms with Gasteiger partial charge in [0, 0.05) is 30.6 Å². The minimum Gasteiger partial charge on any atom is -0.312 e. The highest BCUT2D eigenvalue weighted by molar-refractivity contribution is 7.09. The Labute approximate surface area is 122 Å². The third-order valence-corrected chi connectivity index (χ3v) is 5.21. The molecule has 2 unspecified atom stereocenters. The third kappa shape index (κ3) is 4.90. The standard InChI is InChI=1S/C16H28N2S/c1-3-18(13-15-8-6-12-19-15)11-10-17-16-9-5-4-7-14(16)2/h6,8,12,14,16-17H,3-5,7,9-11,13H2,1-2H3. The first-order valence-electron chi connectivity index (χ1n) is 7.77. The van der Waals surface area contributed by atoms with Crippen LogP contribution < -0.4 is 5.32 Å². The van der Waals surface area contributed by atoms with Gasteiger partial charge in [-0.2, -0.15) is 0 Å². The van der Waals surface area contributed by atoms with Gasteiger partial charge in [0.2, 0.25) is 0 Å². The zero-order valence-corrected chi connectivity index (χ0v) is 13.2. The number of hydrogen-bond donors (Lipinski definition) is 1. The smallest absolute Gasteiger partial charge is 0.0328 e. The zero-order valence-electron chi connectivity index (χ0n) is 12.4. The summed E-state index contributed by atoms with van der Waals surface area (Å²) >= 11 is 1.87.